The highest BCUT2D eigenvalue weighted by Gasteiger charge is 2.56. The molecule has 0 radical (unpaired) electrons. The molecule has 0 N–H and O–H groups in total. The minimum atomic E-state index is -0.438. The molecule has 7 heteroatoms. The van der Waals surface area contributed by atoms with Crippen molar-refractivity contribution in [3.63, 3.8) is 0 Å². The molecule has 0 saturated carbocycles. The van der Waals surface area contributed by atoms with Crippen molar-refractivity contribution in [2.75, 3.05) is 19.6 Å². The summed E-state index contributed by atoms with van der Waals surface area (Å²) in [4.78, 5) is 27.3. The average molecular weight is 445 g/mol. The van der Waals surface area contributed by atoms with Crippen LogP contribution in [-0.4, -0.2) is 55.1 Å². The van der Waals surface area contributed by atoms with E-state index in [2.05, 4.69) is 56.7 Å². The topological polar surface area (TPSA) is 67.2 Å². The van der Waals surface area contributed by atoms with E-state index in [-0.39, 0.29) is 17.9 Å². The normalized spacial score (nSPS) is 23.7. The van der Waals surface area contributed by atoms with E-state index >= 15 is 0 Å². The quantitative estimate of drug-likeness (QED) is 0.580. The smallest absolute Gasteiger partial charge is 0.231 e. The molecule has 5 rings (SSSR count). The fourth-order valence-electron chi connectivity index (χ4n) is 5.70. The summed E-state index contributed by atoms with van der Waals surface area (Å²) in [5.74, 6) is 0.376. The van der Waals surface area contributed by atoms with Crippen LogP contribution in [-0.2, 0) is 17.9 Å². The number of rotatable bonds is 6. The number of amides is 1. The van der Waals surface area contributed by atoms with Gasteiger partial charge < -0.3 is 4.90 Å². The molecular formula is C26H32N6O. The Morgan fingerprint density at radius 2 is 1.91 bits per heavy atom. The Balaban J connectivity index is 1.48. The van der Waals surface area contributed by atoms with Crippen LogP contribution in [0, 0.1) is 5.41 Å². The molecule has 1 amide bonds. The Morgan fingerprint density at radius 3 is 2.67 bits per heavy atom. The summed E-state index contributed by atoms with van der Waals surface area (Å²) >= 11 is 0. The van der Waals surface area contributed by atoms with Crippen LogP contribution in [0.4, 0.5) is 0 Å². The Hall–Kier alpha value is -3.06. The zero-order valence-corrected chi connectivity index (χ0v) is 19.5. The van der Waals surface area contributed by atoms with Gasteiger partial charge in [-0.2, -0.15) is 5.10 Å². The van der Waals surface area contributed by atoms with Gasteiger partial charge in [-0.25, -0.2) is 0 Å². The molecule has 2 fully saturated rings. The SMILES string of the molecule is CC(C)n1nccc1[C@@H]1CN(Cc2ccncc2)C[C@]12CCCN(Cc1ccccn1)C2=O. The first-order chi connectivity index (χ1) is 16.1. The van der Waals surface area contributed by atoms with Crippen molar-refractivity contribution < 1.29 is 4.79 Å². The molecule has 0 aromatic carbocycles. The van der Waals surface area contributed by atoms with Crippen LogP contribution in [0.5, 0.6) is 0 Å². The van der Waals surface area contributed by atoms with E-state index in [4.69, 9.17) is 0 Å². The molecule has 0 aliphatic carbocycles. The number of likely N-dealkylation sites (tertiary alicyclic amines) is 2. The molecule has 3 aromatic rings. The molecule has 2 saturated heterocycles. The standard InChI is InChI=1S/C26H32N6O/c1-20(2)32-24(9-14-29-32)23-18-30(16-21-7-12-27-13-8-21)19-26(23)10-5-15-31(25(26)33)17-22-6-3-4-11-28-22/h3-4,6-9,11-14,20,23H,5,10,15-19H2,1-2H3/t23-,26+/m0/s1. The van der Waals surface area contributed by atoms with Crippen molar-refractivity contribution in [1.29, 1.82) is 0 Å². The maximum absolute atomic E-state index is 14.2. The predicted molar refractivity (Wildman–Crippen MR) is 126 cm³/mol. The molecular weight excluding hydrogens is 412 g/mol. The third kappa shape index (κ3) is 4.17. The summed E-state index contributed by atoms with van der Waals surface area (Å²) in [5.41, 5.74) is 2.91. The molecule has 0 bridgehead atoms. The van der Waals surface area contributed by atoms with Crippen LogP contribution in [0.25, 0.3) is 0 Å². The third-order valence-electron chi connectivity index (χ3n) is 7.16. The van der Waals surface area contributed by atoms with Crippen molar-refractivity contribution in [3.8, 4) is 0 Å². The van der Waals surface area contributed by atoms with Crippen molar-refractivity contribution in [3.05, 3.63) is 78.1 Å². The van der Waals surface area contributed by atoms with Gasteiger partial charge in [0.2, 0.25) is 5.91 Å². The maximum atomic E-state index is 14.2. The lowest BCUT2D eigenvalue weighted by Crippen LogP contribution is -2.52. The van der Waals surface area contributed by atoms with Crippen LogP contribution in [0.1, 0.15) is 55.6 Å². The average Bonchev–Trinajstić information content (AvgIpc) is 3.44. The lowest BCUT2D eigenvalue weighted by molar-refractivity contribution is -0.147. The second kappa shape index (κ2) is 9.06. The van der Waals surface area contributed by atoms with E-state index in [1.165, 1.54) is 11.3 Å². The van der Waals surface area contributed by atoms with Gasteiger partial charge in [0.25, 0.3) is 0 Å². The fraction of sp³-hybridized carbons (Fsp3) is 0.462. The summed E-state index contributed by atoms with van der Waals surface area (Å²) in [6.45, 7) is 8.11. The Labute approximate surface area is 195 Å². The number of carbonyl (C=O) groups is 1. The molecule has 2 atom stereocenters. The molecule has 2 aliphatic heterocycles. The molecule has 172 valence electrons. The van der Waals surface area contributed by atoms with Crippen molar-refractivity contribution >= 4 is 5.91 Å². The van der Waals surface area contributed by atoms with Crippen LogP contribution < -0.4 is 0 Å². The highest BCUT2D eigenvalue weighted by Crippen LogP contribution is 2.50. The number of pyridine rings is 2. The maximum Gasteiger partial charge on any atom is 0.231 e. The molecule has 0 unspecified atom stereocenters. The van der Waals surface area contributed by atoms with Crippen LogP contribution >= 0.6 is 0 Å². The zero-order valence-electron chi connectivity index (χ0n) is 19.5. The number of piperidine rings is 1. The van der Waals surface area contributed by atoms with Gasteiger partial charge in [-0.15, -0.1) is 0 Å². The van der Waals surface area contributed by atoms with Crippen LogP contribution in [0.2, 0.25) is 0 Å². The molecule has 33 heavy (non-hydrogen) atoms. The van der Waals surface area contributed by atoms with E-state index < -0.39 is 5.41 Å². The van der Waals surface area contributed by atoms with E-state index in [0.29, 0.717) is 6.54 Å². The van der Waals surface area contributed by atoms with Crippen molar-refractivity contribution in [2.45, 2.75) is 51.7 Å². The first-order valence-corrected chi connectivity index (χ1v) is 11.9. The van der Waals surface area contributed by atoms with E-state index in [0.717, 1.165) is 44.7 Å². The minimum absolute atomic E-state index is 0.114. The summed E-state index contributed by atoms with van der Waals surface area (Å²) in [6.07, 6.45) is 9.28. The third-order valence-corrected chi connectivity index (χ3v) is 7.16. The van der Waals surface area contributed by atoms with Crippen LogP contribution in [0.15, 0.2) is 61.2 Å². The van der Waals surface area contributed by atoms with Gasteiger partial charge >= 0.3 is 0 Å². The number of hydrogen-bond donors (Lipinski definition) is 0. The number of hydrogen-bond acceptors (Lipinski definition) is 5. The van der Waals surface area contributed by atoms with Gasteiger partial charge in [0.15, 0.2) is 0 Å². The van der Waals surface area contributed by atoms with Crippen molar-refractivity contribution in [1.82, 2.24) is 29.5 Å². The van der Waals surface area contributed by atoms with Gasteiger partial charge in [-0.3, -0.25) is 24.3 Å². The lowest BCUT2D eigenvalue weighted by atomic mass is 9.70. The van der Waals surface area contributed by atoms with Gasteiger partial charge in [0.1, 0.15) is 0 Å². The minimum Gasteiger partial charge on any atom is -0.336 e. The summed E-state index contributed by atoms with van der Waals surface area (Å²) < 4.78 is 2.10. The Kier molecular flexibility index (Phi) is 5.98. The van der Waals surface area contributed by atoms with Gasteiger partial charge in [-0.05, 0) is 62.6 Å². The summed E-state index contributed by atoms with van der Waals surface area (Å²) in [5, 5.41) is 4.61. The van der Waals surface area contributed by atoms with E-state index in [1.54, 1.807) is 6.20 Å². The van der Waals surface area contributed by atoms with E-state index in [9.17, 15) is 4.79 Å². The first kappa shape index (κ1) is 21.8. The van der Waals surface area contributed by atoms with Gasteiger partial charge in [0, 0.05) is 68.6 Å². The van der Waals surface area contributed by atoms with Gasteiger partial charge in [-0.1, -0.05) is 6.07 Å². The zero-order chi connectivity index (χ0) is 22.8. The largest absolute Gasteiger partial charge is 0.336 e. The Bertz CT molecular complexity index is 1080. The fourth-order valence-corrected chi connectivity index (χ4v) is 5.70. The van der Waals surface area contributed by atoms with Gasteiger partial charge in [0.05, 0.1) is 17.7 Å². The summed E-state index contributed by atoms with van der Waals surface area (Å²) in [6, 6.07) is 12.4. The summed E-state index contributed by atoms with van der Waals surface area (Å²) in [7, 11) is 0. The van der Waals surface area contributed by atoms with Crippen molar-refractivity contribution in [2.24, 2.45) is 5.41 Å². The number of aromatic nitrogens is 4. The first-order valence-electron chi connectivity index (χ1n) is 11.9. The highest BCUT2D eigenvalue weighted by atomic mass is 16.2. The molecule has 2 aliphatic rings. The monoisotopic (exact) mass is 444 g/mol. The molecule has 1 spiro atoms. The molecule has 7 nitrogen and oxygen atoms in total. The number of nitrogens with zero attached hydrogens (tertiary/aromatic N) is 6. The number of carbonyl (C=O) groups excluding carboxylic acids is 1. The van der Waals surface area contributed by atoms with E-state index in [1.807, 2.05) is 41.7 Å². The Morgan fingerprint density at radius 1 is 1.06 bits per heavy atom. The molecule has 3 aromatic heterocycles. The molecule has 5 heterocycles. The predicted octanol–water partition coefficient (Wildman–Crippen LogP) is 3.66. The second-order valence-corrected chi connectivity index (χ2v) is 9.68. The lowest BCUT2D eigenvalue weighted by Gasteiger charge is -2.42. The highest BCUT2D eigenvalue weighted by molar-refractivity contribution is 5.85. The second-order valence-electron chi connectivity index (χ2n) is 9.68. The van der Waals surface area contributed by atoms with Crippen LogP contribution in [0.3, 0.4) is 0 Å².